The zero-order chi connectivity index (χ0) is 12.3. The quantitative estimate of drug-likeness (QED) is 0.607. The Bertz CT molecular complexity index is 424. The molecule has 0 amide bonds. The first-order valence-electron chi connectivity index (χ1n) is 5.92. The number of nitrogens with zero attached hydrogens (tertiary/aromatic N) is 1. The van der Waals surface area contributed by atoms with Crippen LogP contribution in [0.2, 0.25) is 0 Å². The highest BCUT2D eigenvalue weighted by Crippen LogP contribution is 2.24. The summed E-state index contributed by atoms with van der Waals surface area (Å²) in [5.74, 6) is 0.957. The van der Waals surface area contributed by atoms with Gasteiger partial charge in [0.25, 0.3) is 5.56 Å². The molecular weight excluding hydrogens is 220 g/mol. The molecule has 1 heterocycles. The number of aliphatic hydroxyl groups excluding tert-OH is 1. The fourth-order valence-electron chi connectivity index (χ4n) is 2.14. The number of nitrogens with one attached hydrogen (secondary N) is 2. The number of nitrogens with two attached hydrogens (primary N) is 1. The van der Waals surface area contributed by atoms with Crippen molar-refractivity contribution in [3.8, 4) is 0 Å². The van der Waals surface area contributed by atoms with Crippen molar-refractivity contribution in [2.75, 3.05) is 17.6 Å². The molecule has 0 aliphatic heterocycles. The third kappa shape index (κ3) is 2.97. The van der Waals surface area contributed by atoms with E-state index in [-0.39, 0.29) is 17.4 Å². The van der Waals surface area contributed by atoms with Crippen LogP contribution in [-0.2, 0) is 0 Å². The lowest BCUT2D eigenvalue weighted by atomic mass is 9.87. The van der Waals surface area contributed by atoms with Gasteiger partial charge in [0.1, 0.15) is 5.69 Å². The fraction of sp³-hybridized carbons (Fsp3) is 0.636. The van der Waals surface area contributed by atoms with Gasteiger partial charge in [-0.1, -0.05) is 0 Å². The Hall–Kier alpha value is -1.56. The zero-order valence-corrected chi connectivity index (χ0v) is 9.65. The Balaban J connectivity index is 1.90. The van der Waals surface area contributed by atoms with Gasteiger partial charge >= 0.3 is 0 Å². The molecule has 1 aliphatic rings. The van der Waals surface area contributed by atoms with Crippen LogP contribution in [0, 0.1) is 5.92 Å². The van der Waals surface area contributed by atoms with Crippen LogP contribution in [-0.4, -0.2) is 27.7 Å². The summed E-state index contributed by atoms with van der Waals surface area (Å²) < 4.78 is 0. The molecule has 0 radical (unpaired) electrons. The second-order valence-corrected chi connectivity index (χ2v) is 4.55. The Morgan fingerprint density at radius 3 is 2.88 bits per heavy atom. The maximum Gasteiger partial charge on any atom is 0.276 e. The second-order valence-electron chi connectivity index (χ2n) is 4.55. The van der Waals surface area contributed by atoms with Crippen LogP contribution in [0.15, 0.2) is 11.1 Å². The maximum absolute atomic E-state index is 11.2. The zero-order valence-electron chi connectivity index (χ0n) is 9.65. The van der Waals surface area contributed by atoms with Crippen LogP contribution in [0.1, 0.15) is 25.7 Å². The highest BCUT2D eigenvalue weighted by molar-refractivity contribution is 5.58. The number of hydrogen-bond donors (Lipinski definition) is 4. The van der Waals surface area contributed by atoms with Gasteiger partial charge in [0.05, 0.1) is 12.4 Å². The van der Waals surface area contributed by atoms with E-state index < -0.39 is 0 Å². The first-order chi connectivity index (χ1) is 8.16. The number of aromatic nitrogens is 2. The molecule has 0 saturated heterocycles. The van der Waals surface area contributed by atoms with Crippen LogP contribution >= 0.6 is 0 Å². The number of nitrogen functional groups attached to an aromatic ring is 1. The standard InChI is InChI=1S/C11H18N4O2/c12-9-10(14-6-15-11(9)17)13-5-7-1-3-8(16)4-2-7/h6-8,16H,1-5,12H2,(H2,13,14,15,17). The van der Waals surface area contributed by atoms with Crippen molar-refractivity contribution in [3.05, 3.63) is 16.7 Å². The van der Waals surface area contributed by atoms with Crippen LogP contribution in [0.3, 0.4) is 0 Å². The minimum Gasteiger partial charge on any atom is -0.393 e. The molecular formula is C11H18N4O2. The highest BCUT2D eigenvalue weighted by Gasteiger charge is 2.19. The number of H-pyrrole nitrogens is 1. The third-order valence-electron chi connectivity index (χ3n) is 3.26. The molecule has 1 saturated carbocycles. The number of hydrogen-bond acceptors (Lipinski definition) is 5. The van der Waals surface area contributed by atoms with Crippen molar-refractivity contribution in [2.45, 2.75) is 31.8 Å². The number of anilines is 2. The van der Waals surface area contributed by atoms with Crippen molar-refractivity contribution < 1.29 is 5.11 Å². The Kier molecular flexibility index (Phi) is 3.63. The molecule has 2 rings (SSSR count). The smallest absolute Gasteiger partial charge is 0.276 e. The summed E-state index contributed by atoms with van der Waals surface area (Å²) in [4.78, 5) is 17.7. The minimum absolute atomic E-state index is 0.128. The number of aliphatic hydroxyl groups is 1. The van der Waals surface area contributed by atoms with Crippen molar-refractivity contribution in [1.82, 2.24) is 9.97 Å². The van der Waals surface area contributed by atoms with Gasteiger partial charge in [-0.25, -0.2) is 4.98 Å². The van der Waals surface area contributed by atoms with E-state index in [9.17, 15) is 9.90 Å². The first kappa shape index (κ1) is 11.9. The van der Waals surface area contributed by atoms with Gasteiger partial charge in [0, 0.05) is 6.54 Å². The van der Waals surface area contributed by atoms with E-state index in [1.807, 2.05) is 0 Å². The predicted octanol–water partition coefficient (Wildman–Crippen LogP) is 0.315. The minimum atomic E-state index is -0.318. The van der Waals surface area contributed by atoms with Crippen molar-refractivity contribution in [3.63, 3.8) is 0 Å². The number of rotatable bonds is 3. The van der Waals surface area contributed by atoms with Crippen LogP contribution in [0.5, 0.6) is 0 Å². The Morgan fingerprint density at radius 1 is 1.47 bits per heavy atom. The largest absolute Gasteiger partial charge is 0.393 e. The summed E-state index contributed by atoms with van der Waals surface area (Å²) in [5, 5.41) is 12.5. The lowest BCUT2D eigenvalue weighted by Crippen LogP contribution is -2.25. The van der Waals surface area contributed by atoms with E-state index in [0.29, 0.717) is 11.7 Å². The van der Waals surface area contributed by atoms with Gasteiger partial charge in [-0.2, -0.15) is 0 Å². The monoisotopic (exact) mass is 238 g/mol. The van der Waals surface area contributed by atoms with Gasteiger partial charge in [0.2, 0.25) is 0 Å². The molecule has 17 heavy (non-hydrogen) atoms. The molecule has 0 atom stereocenters. The molecule has 1 aromatic heterocycles. The normalized spacial score (nSPS) is 24.5. The SMILES string of the molecule is Nc1c(NCC2CCC(O)CC2)nc[nH]c1=O. The van der Waals surface area contributed by atoms with Crippen molar-refractivity contribution in [2.24, 2.45) is 5.92 Å². The van der Waals surface area contributed by atoms with Crippen molar-refractivity contribution in [1.29, 1.82) is 0 Å². The Labute approximate surface area is 99.3 Å². The van der Waals surface area contributed by atoms with Crippen LogP contribution in [0.25, 0.3) is 0 Å². The highest BCUT2D eigenvalue weighted by atomic mass is 16.3. The van der Waals surface area contributed by atoms with Crippen LogP contribution in [0.4, 0.5) is 11.5 Å². The second kappa shape index (κ2) is 5.18. The van der Waals surface area contributed by atoms with E-state index in [4.69, 9.17) is 5.73 Å². The van der Waals surface area contributed by atoms with Crippen molar-refractivity contribution >= 4 is 11.5 Å². The molecule has 1 aromatic rings. The molecule has 1 aliphatic carbocycles. The molecule has 0 unspecified atom stereocenters. The average molecular weight is 238 g/mol. The molecule has 5 N–H and O–H groups in total. The maximum atomic E-state index is 11.2. The van der Waals surface area contributed by atoms with E-state index in [0.717, 1.165) is 32.2 Å². The van der Waals surface area contributed by atoms with E-state index in [1.54, 1.807) is 0 Å². The molecule has 0 aromatic carbocycles. The summed E-state index contributed by atoms with van der Waals surface area (Å²) in [6.07, 6.45) is 4.89. The predicted molar refractivity (Wildman–Crippen MR) is 65.7 cm³/mol. The Morgan fingerprint density at radius 2 is 2.18 bits per heavy atom. The van der Waals surface area contributed by atoms with Gasteiger partial charge in [-0.3, -0.25) is 4.79 Å². The lowest BCUT2D eigenvalue weighted by molar-refractivity contribution is 0.111. The fourth-order valence-corrected chi connectivity index (χ4v) is 2.14. The van der Waals surface area contributed by atoms with Gasteiger partial charge in [-0.05, 0) is 31.6 Å². The first-order valence-corrected chi connectivity index (χ1v) is 5.92. The molecule has 1 fully saturated rings. The number of aromatic amines is 1. The third-order valence-corrected chi connectivity index (χ3v) is 3.26. The average Bonchev–Trinajstić information content (AvgIpc) is 2.33. The molecule has 94 valence electrons. The molecule has 0 spiro atoms. The van der Waals surface area contributed by atoms with Crippen LogP contribution < -0.4 is 16.6 Å². The van der Waals surface area contributed by atoms with Gasteiger partial charge < -0.3 is 21.1 Å². The summed E-state index contributed by atoms with van der Waals surface area (Å²) in [5.41, 5.74) is 5.42. The van der Waals surface area contributed by atoms with Gasteiger partial charge in [-0.15, -0.1) is 0 Å². The van der Waals surface area contributed by atoms with E-state index >= 15 is 0 Å². The summed E-state index contributed by atoms with van der Waals surface area (Å²) in [7, 11) is 0. The molecule has 0 bridgehead atoms. The lowest BCUT2D eigenvalue weighted by Gasteiger charge is -2.25. The molecule has 6 heteroatoms. The summed E-state index contributed by atoms with van der Waals surface area (Å²) >= 11 is 0. The topological polar surface area (TPSA) is 104 Å². The summed E-state index contributed by atoms with van der Waals surface area (Å²) in [6, 6.07) is 0. The summed E-state index contributed by atoms with van der Waals surface area (Å²) in [6.45, 7) is 0.743. The van der Waals surface area contributed by atoms with E-state index in [2.05, 4.69) is 15.3 Å². The van der Waals surface area contributed by atoms with E-state index in [1.165, 1.54) is 6.33 Å². The molecule has 6 nitrogen and oxygen atoms in total. The van der Waals surface area contributed by atoms with Gasteiger partial charge in [0.15, 0.2) is 5.82 Å².